The molecule has 32 heavy (non-hydrogen) atoms. The molecule has 0 aliphatic rings. The molecule has 160 valence electrons. The summed E-state index contributed by atoms with van der Waals surface area (Å²) in [6.45, 7) is 0.252. The zero-order valence-corrected chi connectivity index (χ0v) is 19.3. The molecule has 0 unspecified atom stereocenters. The van der Waals surface area contributed by atoms with Crippen LogP contribution in [0, 0.1) is 0 Å². The van der Waals surface area contributed by atoms with Crippen molar-refractivity contribution in [3.8, 4) is 27.6 Å². The first-order valence-electron chi connectivity index (χ1n) is 9.93. The minimum absolute atomic E-state index is 0.0167. The molecule has 5 nitrogen and oxygen atoms in total. The molecule has 0 bridgehead atoms. The smallest absolute Gasteiger partial charge is 0.141 e. The normalized spacial score (nSPS) is 11.2. The van der Waals surface area contributed by atoms with E-state index in [9.17, 15) is 0 Å². The summed E-state index contributed by atoms with van der Waals surface area (Å²) < 4.78 is 6.54. The van der Waals surface area contributed by atoms with Crippen LogP contribution in [0.2, 0.25) is 0 Å². The average molecular weight is 478 g/mol. The number of ether oxygens (including phenoxy) is 1. The summed E-state index contributed by atoms with van der Waals surface area (Å²) in [5, 5.41) is 12.8. The number of nitrogens with zero attached hydrogens (tertiary/aromatic N) is 2. The van der Waals surface area contributed by atoms with Crippen molar-refractivity contribution in [1.29, 1.82) is 0 Å². The number of nitrogens with two attached hydrogens (primary N) is 1. The van der Waals surface area contributed by atoms with Crippen molar-refractivity contribution >= 4 is 50.3 Å². The molecule has 3 aromatic heterocycles. The summed E-state index contributed by atoms with van der Waals surface area (Å²) in [5.74, 6) is 0.715. The number of benzene rings is 2. The van der Waals surface area contributed by atoms with E-state index in [1.165, 1.54) is 0 Å². The Labute approximate surface area is 197 Å². The molecule has 0 saturated carbocycles. The van der Waals surface area contributed by atoms with Crippen LogP contribution in [0.15, 0.2) is 81.3 Å². The van der Waals surface area contributed by atoms with Crippen molar-refractivity contribution in [2.24, 2.45) is 0 Å². The fraction of sp³-hybridized carbons (Fsp3) is 0.0833. The first-order valence-corrected chi connectivity index (χ1v) is 12.4. The third-order valence-corrected chi connectivity index (χ3v) is 7.90. The molecule has 5 aromatic rings. The van der Waals surface area contributed by atoms with Crippen molar-refractivity contribution in [3.63, 3.8) is 0 Å². The van der Waals surface area contributed by atoms with E-state index in [-0.39, 0.29) is 13.2 Å². The summed E-state index contributed by atoms with van der Waals surface area (Å²) in [4.78, 5) is 11.4. The molecule has 2 aromatic carbocycles. The molecule has 0 atom stereocenters. The van der Waals surface area contributed by atoms with Crippen LogP contribution in [0.25, 0.3) is 32.0 Å². The minimum atomic E-state index is -0.0167. The molecule has 3 heterocycles. The number of thiophene rings is 1. The molecular weight excluding hydrogens is 458 g/mol. The first-order chi connectivity index (χ1) is 15.7. The number of nitrogen functional groups attached to an aromatic ring is 1. The monoisotopic (exact) mass is 477 g/mol. The molecule has 0 spiro atoms. The predicted molar refractivity (Wildman–Crippen MR) is 134 cm³/mol. The van der Waals surface area contributed by atoms with Crippen molar-refractivity contribution in [2.75, 3.05) is 18.9 Å². The average Bonchev–Trinajstić information content (AvgIpc) is 3.47. The quantitative estimate of drug-likeness (QED) is 0.291. The van der Waals surface area contributed by atoms with Crippen molar-refractivity contribution in [2.45, 2.75) is 9.10 Å². The van der Waals surface area contributed by atoms with E-state index < -0.39 is 0 Å². The van der Waals surface area contributed by atoms with Gasteiger partial charge in [-0.2, -0.15) is 0 Å². The maximum Gasteiger partial charge on any atom is 0.141 e. The largest absolute Gasteiger partial charge is 0.491 e. The molecule has 0 fully saturated rings. The highest BCUT2D eigenvalue weighted by atomic mass is 32.2. The van der Waals surface area contributed by atoms with Crippen molar-refractivity contribution in [1.82, 2.24) is 9.97 Å². The molecular formula is C24H19N3O2S3. The Balaban J connectivity index is 1.64. The van der Waals surface area contributed by atoms with Gasteiger partial charge in [0.25, 0.3) is 0 Å². The van der Waals surface area contributed by atoms with Crippen LogP contribution in [0.3, 0.4) is 0 Å². The van der Waals surface area contributed by atoms with E-state index in [1.807, 2.05) is 47.8 Å². The van der Waals surface area contributed by atoms with Crippen molar-refractivity contribution < 1.29 is 9.84 Å². The summed E-state index contributed by atoms with van der Waals surface area (Å²) in [5.41, 5.74) is 10.3. The number of rotatable bonds is 7. The molecule has 0 saturated heterocycles. The third kappa shape index (κ3) is 4.22. The number of pyridine rings is 1. The Bertz CT molecular complexity index is 1330. The third-order valence-electron chi connectivity index (χ3n) is 4.80. The van der Waals surface area contributed by atoms with Gasteiger partial charge in [0.15, 0.2) is 0 Å². The van der Waals surface area contributed by atoms with Gasteiger partial charge >= 0.3 is 0 Å². The first kappa shape index (κ1) is 21.0. The molecule has 0 aliphatic heterocycles. The Morgan fingerprint density at radius 3 is 2.59 bits per heavy atom. The number of aliphatic hydroxyl groups excluding tert-OH is 1. The molecule has 0 radical (unpaired) electrons. The summed E-state index contributed by atoms with van der Waals surface area (Å²) in [6, 6.07) is 20.1. The molecule has 8 heteroatoms. The maximum absolute atomic E-state index is 8.99. The second-order valence-electron chi connectivity index (χ2n) is 6.89. The van der Waals surface area contributed by atoms with E-state index in [1.54, 1.807) is 40.6 Å². The van der Waals surface area contributed by atoms with Crippen LogP contribution in [0.4, 0.5) is 5.69 Å². The molecule has 3 N–H and O–H groups in total. The van der Waals surface area contributed by atoms with Crippen LogP contribution in [0.5, 0.6) is 5.75 Å². The number of fused-ring (bicyclic) bond motifs is 1. The van der Waals surface area contributed by atoms with E-state index in [4.69, 9.17) is 20.6 Å². The fourth-order valence-electron chi connectivity index (χ4n) is 3.35. The Kier molecular flexibility index (Phi) is 6.09. The highest BCUT2D eigenvalue weighted by Crippen LogP contribution is 2.47. The lowest BCUT2D eigenvalue weighted by atomic mass is 10.0. The van der Waals surface area contributed by atoms with Crippen LogP contribution in [-0.2, 0) is 0 Å². The summed E-state index contributed by atoms with van der Waals surface area (Å²) in [6.07, 6.45) is 1.79. The minimum Gasteiger partial charge on any atom is -0.491 e. The van der Waals surface area contributed by atoms with Gasteiger partial charge in [-0.15, -0.1) is 22.7 Å². The molecule has 0 amide bonds. The van der Waals surface area contributed by atoms with Gasteiger partial charge in [-0.1, -0.05) is 42.1 Å². The Hall–Kier alpha value is -2.91. The van der Waals surface area contributed by atoms with Gasteiger partial charge in [0.1, 0.15) is 27.9 Å². The number of anilines is 1. The topological polar surface area (TPSA) is 81.3 Å². The number of aliphatic hydroxyl groups is 1. The van der Waals surface area contributed by atoms with Crippen molar-refractivity contribution in [3.05, 3.63) is 72.2 Å². The predicted octanol–water partition coefficient (Wildman–Crippen LogP) is 6.19. The summed E-state index contributed by atoms with van der Waals surface area (Å²) in [7, 11) is 0. The lowest BCUT2D eigenvalue weighted by Gasteiger charge is -2.09. The van der Waals surface area contributed by atoms with Gasteiger partial charge in [0.2, 0.25) is 0 Å². The van der Waals surface area contributed by atoms with Crippen LogP contribution in [0.1, 0.15) is 0 Å². The van der Waals surface area contributed by atoms with Gasteiger partial charge in [0, 0.05) is 21.9 Å². The van der Waals surface area contributed by atoms with Gasteiger partial charge in [-0.25, -0.2) is 9.97 Å². The lowest BCUT2D eigenvalue weighted by Crippen LogP contribution is -2.01. The maximum atomic E-state index is 8.99. The fourth-order valence-corrected chi connectivity index (χ4v) is 6.22. The number of hydrogen-bond acceptors (Lipinski definition) is 8. The van der Waals surface area contributed by atoms with Gasteiger partial charge in [0.05, 0.1) is 16.5 Å². The zero-order valence-electron chi connectivity index (χ0n) is 16.9. The lowest BCUT2D eigenvalue weighted by molar-refractivity contribution is 0.201. The van der Waals surface area contributed by atoms with Crippen LogP contribution >= 0.6 is 34.4 Å². The zero-order chi connectivity index (χ0) is 21.9. The SMILES string of the molecule is Nc1c(Sc2ccccc2)sc2nc(-c3nccs3)cc(-c3ccc(OCCO)cc3)c12. The second-order valence-corrected chi connectivity index (χ2v) is 10.1. The standard InChI is InChI=1S/C24H19N3O2S3/c25-21-20-18(15-6-8-16(9-7-15)29-12-11-28)14-19(22-26-10-13-30-22)27-23(20)32-24(21)31-17-4-2-1-3-5-17/h1-10,13-14,28H,11-12,25H2. The van der Waals surface area contributed by atoms with Crippen LogP contribution in [-0.4, -0.2) is 28.3 Å². The van der Waals surface area contributed by atoms with Gasteiger partial charge in [-0.05, 0) is 41.5 Å². The van der Waals surface area contributed by atoms with E-state index in [0.717, 1.165) is 46.8 Å². The Morgan fingerprint density at radius 2 is 1.88 bits per heavy atom. The molecule has 0 aliphatic carbocycles. The van der Waals surface area contributed by atoms with E-state index >= 15 is 0 Å². The van der Waals surface area contributed by atoms with E-state index in [0.29, 0.717) is 5.75 Å². The number of thiazole rings is 1. The highest BCUT2D eigenvalue weighted by molar-refractivity contribution is 8.01. The highest BCUT2D eigenvalue weighted by Gasteiger charge is 2.19. The Morgan fingerprint density at radius 1 is 1.06 bits per heavy atom. The number of hydrogen-bond donors (Lipinski definition) is 2. The van der Waals surface area contributed by atoms with Gasteiger partial charge < -0.3 is 15.6 Å². The van der Waals surface area contributed by atoms with E-state index in [2.05, 4.69) is 23.2 Å². The van der Waals surface area contributed by atoms with Crippen LogP contribution < -0.4 is 10.5 Å². The molecule has 5 rings (SSSR count). The van der Waals surface area contributed by atoms with Gasteiger partial charge in [-0.3, -0.25) is 0 Å². The number of aromatic nitrogens is 2. The second kappa shape index (κ2) is 9.30. The summed E-state index contributed by atoms with van der Waals surface area (Å²) >= 11 is 4.82.